The smallest absolute Gasteiger partial charge is 0.124 e. The first kappa shape index (κ1) is 16.0. The van der Waals surface area contributed by atoms with Crippen LogP contribution < -0.4 is 10.1 Å². The first-order chi connectivity index (χ1) is 9.17. The minimum Gasteiger partial charge on any atom is -0.496 e. The zero-order valence-electron chi connectivity index (χ0n) is 12.4. The molecule has 0 amide bonds. The molecule has 4 nitrogen and oxygen atoms in total. The number of ether oxygens (including phenoxy) is 3. The number of rotatable bonds is 9. The second kappa shape index (κ2) is 8.91. The summed E-state index contributed by atoms with van der Waals surface area (Å²) >= 11 is 0. The Hall–Kier alpha value is -1.10. The Morgan fingerprint density at radius 3 is 2.63 bits per heavy atom. The Morgan fingerprint density at radius 2 is 2.00 bits per heavy atom. The molecule has 1 aromatic rings. The van der Waals surface area contributed by atoms with E-state index in [1.807, 2.05) is 27.0 Å². The quantitative estimate of drug-likeness (QED) is 0.697. The standard InChI is InChI=1S/C15H25NO3/c1-12(2)19-8-7-18-11-14-9-13(10-16-3)5-6-15(14)17-4/h5-6,9,12,16H,7-8,10-11H2,1-4H3. The summed E-state index contributed by atoms with van der Waals surface area (Å²) in [6.07, 6.45) is 0.247. The van der Waals surface area contributed by atoms with Crippen LogP contribution in [0.1, 0.15) is 25.0 Å². The van der Waals surface area contributed by atoms with Crippen LogP contribution in [0.3, 0.4) is 0 Å². The van der Waals surface area contributed by atoms with E-state index in [0.29, 0.717) is 19.8 Å². The molecule has 1 N–H and O–H groups in total. The van der Waals surface area contributed by atoms with E-state index in [9.17, 15) is 0 Å². The summed E-state index contributed by atoms with van der Waals surface area (Å²) in [4.78, 5) is 0. The van der Waals surface area contributed by atoms with Gasteiger partial charge in [-0.2, -0.15) is 0 Å². The molecule has 0 fully saturated rings. The predicted molar refractivity (Wildman–Crippen MR) is 76.5 cm³/mol. The minimum atomic E-state index is 0.247. The van der Waals surface area contributed by atoms with Gasteiger partial charge in [0, 0.05) is 12.1 Å². The van der Waals surface area contributed by atoms with Crippen LogP contribution in [0.15, 0.2) is 18.2 Å². The van der Waals surface area contributed by atoms with Crippen LogP contribution in [0.25, 0.3) is 0 Å². The van der Waals surface area contributed by atoms with Crippen molar-refractivity contribution in [2.24, 2.45) is 0 Å². The largest absolute Gasteiger partial charge is 0.496 e. The van der Waals surface area contributed by atoms with E-state index in [1.54, 1.807) is 7.11 Å². The van der Waals surface area contributed by atoms with Crippen molar-refractivity contribution < 1.29 is 14.2 Å². The van der Waals surface area contributed by atoms with E-state index < -0.39 is 0 Å². The van der Waals surface area contributed by atoms with Crippen molar-refractivity contribution in [2.45, 2.75) is 33.1 Å². The van der Waals surface area contributed by atoms with Crippen LogP contribution >= 0.6 is 0 Å². The number of methoxy groups -OCH3 is 1. The van der Waals surface area contributed by atoms with Gasteiger partial charge in [-0.1, -0.05) is 6.07 Å². The molecule has 0 aromatic heterocycles. The third-order valence-corrected chi connectivity index (χ3v) is 2.66. The fourth-order valence-electron chi connectivity index (χ4n) is 1.78. The summed E-state index contributed by atoms with van der Waals surface area (Å²) in [7, 11) is 3.61. The van der Waals surface area contributed by atoms with E-state index in [4.69, 9.17) is 14.2 Å². The van der Waals surface area contributed by atoms with Gasteiger partial charge in [0.05, 0.1) is 33.0 Å². The lowest BCUT2D eigenvalue weighted by Crippen LogP contribution is -2.10. The molecule has 0 heterocycles. The lowest BCUT2D eigenvalue weighted by Gasteiger charge is -2.12. The molecule has 108 valence electrons. The molecule has 0 atom stereocenters. The molecule has 0 aliphatic rings. The van der Waals surface area contributed by atoms with Crippen molar-refractivity contribution in [1.29, 1.82) is 0 Å². The fourth-order valence-corrected chi connectivity index (χ4v) is 1.78. The second-order valence-corrected chi connectivity index (χ2v) is 4.65. The Morgan fingerprint density at radius 1 is 1.21 bits per heavy atom. The van der Waals surface area contributed by atoms with Gasteiger partial charge in [0.2, 0.25) is 0 Å². The average molecular weight is 267 g/mol. The summed E-state index contributed by atoms with van der Waals surface area (Å²) in [5, 5.41) is 3.14. The third kappa shape index (κ3) is 6.05. The van der Waals surface area contributed by atoms with Crippen LogP contribution in [0.4, 0.5) is 0 Å². The number of nitrogens with one attached hydrogen (secondary N) is 1. The van der Waals surface area contributed by atoms with Gasteiger partial charge in [-0.05, 0) is 38.6 Å². The molecular weight excluding hydrogens is 242 g/mol. The van der Waals surface area contributed by atoms with Crippen molar-refractivity contribution in [3.8, 4) is 5.75 Å². The molecule has 1 rings (SSSR count). The van der Waals surface area contributed by atoms with Gasteiger partial charge in [-0.25, -0.2) is 0 Å². The van der Waals surface area contributed by atoms with Crippen molar-refractivity contribution in [3.05, 3.63) is 29.3 Å². The highest BCUT2D eigenvalue weighted by molar-refractivity contribution is 5.36. The van der Waals surface area contributed by atoms with Gasteiger partial charge in [0.15, 0.2) is 0 Å². The molecular formula is C15H25NO3. The fraction of sp³-hybridized carbons (Fsp3) is 0.600. The van der Waals surface area contributed by atoms with E-state index >= 15 is 0 Å². The highest BCUT2D eigenvalue weighted by Gasteiger charge is 2.05. The summed E-state index contributed by atoms with van der Waals surface area (Å²) < 4.78 is 16.4. The number of benzene rings is 1. The predicted octanol–water partition coefficient (Wildman–Crippen LogP) is 2.36. The van der Waals surface area contributed by atoms with Crippen LogP contribution in [0.5, 0.6) is 5.75 Å². The van der Waals surface area contributed by atoms with E-state index in [0.717, 1.165) is 17.9 Å². The number of hydrogen-bond donors (Lipinski definition) is 1. The molecule has 0 spiro atoms. The first-order valence-electron chi connectivity index (χ1n) is 6.67. The Balaban J connectivity index is 2.48. The first-order valence-corrected chi connectivity index (χ1v) is 6.67. The normalized spacial score (nSPS) is 11.0. The van der Waals surface area contributed by atoms with Crippen LogP contribution in [-0.4, -0.2) is 33.5 Å². The zero-order chi connectivity index (χ0) is 14.1. The highest BCUT2D eigenvalue weighted by Crippen LogP contribution is 2.20. The molecule has 0 aliphatic heterocycles. The van der Waals surface area contributed by atoms with Gasteiger partial charge in [0.25, 0.3) is 0 Å². The zero-order valence-corrected chi connectivity index (χ0v) is 12.4. The van der Waals surface area contributed by atoms with E-state index in [2.05, 4.69) is 17.4 Å². The van der Waals surface area contributed by atoms with E-state index in [1.165, 1.54) is 5.56 Å². The van der Waals surface area contributed by atoms with Crippen molar-refractivity contribution in [1.82, 2.24) is 5.32 Å². The molecule has 0 aliphatic carbocycles. The Labute approximate surface area is 116 Å². The summed E-state index contributed by atoms with van der Waals surface area (Å²) in [5.74, 6) is 0.865. The van der Waals surface area contributed by atoms with Gasteiger partial charge >= 0.3 is 0 Å². The van der Waals surface area contributed by atoms with Crippen molar-refractivity contribution >= 4 is 0 Å². The van der Waals surface area contributed by atoms with Gasteiger partial charge in [-0.3, -0.25) is 0 Å². The molecule has 1 aromatic carbocycles. The van der Waals surface area contributed by atoms with Gasteiger partial charge < -0.3 is 19.5 Å². The molecule has 0 saturated heterocycles. The third-order valence-electron chi connectivity index (χ3n) is 2.66. The molecule has 19 heavy (non-hydrogen) atoms. The maximum absolute atomic E-state index is 5.62. The topological polar surface area (TPSA) is 39.7 Å². The summed E-state index contributed by atoms with van der Waals surface area (Å²) in [6, 6.07) is 6.15. The SMILES string of the molecule is CNCc1ccc(OC)c(COCCOC(C)C)c1. The highest BCUT2D eigenvalue weighted by atomic mass is 16.5. The molecule has 4 heteroatoms. The van der Waals surface area contributed by atoms with Crippen LogP contribution in [-0.2, 0) is 22.6 Å². The lowest BCUT2D eigenvalue weighted by molar-refractivity contribution is 0.0139. The number of hydrogen-bond acceptors (Lipinski definition) is 4. The Kier molecular flexibility index (Phi) is 7.48. The monoisotopic (exact) mass is 267 g/mol. The van der Waals surface area contributed by atoms with Crippen LogP contribution in [0.2, 0.25) is 0 Å². The summed E-state index contributed by atoms with van der Waals surface area (Å²) in [5.41, 5.74) is 2.29. The van der Waals surface area contributed by atoms with Crippen molar-refractivity contribution in [2.75, 3.05) is 27.4 Å². The maximum Gasteiger partial charge on any atom is 0.124 e. The van der Waals surface area contributed by atoms with Gasteiger partial charge in [-0.15, -0.1) is 0 Å². The molecule has 0 radical (unpaired) electrons. The van der Waals surface area contributed by atoms with Gasteiger partial charge in [0.1, 0.15) is 5.75 Å². The van der Waals surface area contributed by atoms with Crippen molar-refractivity contribution in [3.63, 3.8) is 0 Å². The lowest BCUT2D eigenvalue weighted by atomic mass is 10.1. The van der Waals surface area contributed by atoms with E-state index in [-0.39, 0.29) is 6.10 Å². The maximum atomic E-state index is 5.62. The molecule has 0 saturated carbocycles. The Bertz CT molecular complexity index is 366. The molecule has 0 bridgehead atoms. The minimum absolute atomic E-state index is 0.247. The second-order valence-electron chi connectivity index (χ2n) is 4.65. The average Bonchev–Trinajstić information content (AvgIpc) is 2.38. The van der Waals surface area contributed by atoms with Crippen LogP contribution in [0, 0.1) is 0 Å². The molecule has 0 unspecified atom stereocenters. The summed E-state index contributed by atoms with van der Waals surface area (Å²) in [6.45, 7) is 6.64.